The molecule has 1 aliphatic rings. The zero-order valence-electron chi connectivity index (χ0n) is 11.9. The first-order chi connectivity index (χ1) is 9.53. The number of carbonyl (C=O) groups is 1. The monoisotopic (exact) mass is 276 g/mol. The molecule has 0 bridgehead atoms. The van der Waals surface area contributed by atoms with Crippen LogP contribution in [0.5, 0.6) is 0 Å². The number of nitriles is 1. The van der Waals surface area contributed by atoms with E-state index in [1.54, 1.807) is 11.7 Å². The Morgan fingerprint density at radius 2 is 2.40 bits per heavy atom. The second kappa shape index (κ2) is 5.65. The van der Waals surface area contributed by atoms with Crippen molar-refractivity contribution in [2.45, 2.75) is 24.9 Å². The lowest BCUT2D eigenvalue weighted by molar-refractivity contribution is -0.132. The summed E-state index contributed by atoms with van der Waals surface area (Å²) in [6.45, 7) is 1.71. The summed E-state index contributed by atoms with van der Waals surface area (Å²) >= 11 is 0. The number of nitrogens with two attached hydrogens (primary N) is 1. The molecule has 1 atom stereocenters. The molecule has 1 saturated heterocycles. The molecule has 1 aromatic rings. The smallest absolute Gasteiger partial charge is 0.240 e. The fraction of sp³-hybridized carbons (Fsp3) is 0.571. The standard InChI is InChI=1S/C14H20N4O2/c1-17-8-11(6-12(17)7-15)9-18-5-3-4-14(18,10-20-2)13(16)19/h6,8H,3-5,9-10H2,1-2H3,(H2,16,19). The highest BCUT2D eigenvalue weighted by atomic mass is 16.5. The predicted octanol–water partition coefficient (Wildman–Crippen LogP) is 0.363. The Balaban J connectivity index is 2.22. The van der Waals surface area contributed by atoms with E-state index in [0.29, 0.717) is 25.3 Å². The van der Waals surface area contributed by atoms with Gasteiger partial charge in [0.2, 0.25) is 5.91 Å². The number of hydrogen-bond acceptors (Lipinski definition) is 4. The number of rotatable bonds is 5. The molecule has 6 nitrogen and oxygen atoms in total. The van der Waals surface area contributed by atoms with Crippen LogP contribution in [0, 0.1) is 11.3 Å². The van der Waals surface area contributed by atoms with Crippen LogP contribution in [0.3, 0.4) is 0 Å². The molecule has 1 amide bonds. The van der Waals surface area contributed by atoms with E-state index in [2.05, 4.69) is 11.0 Å². The highest BCUT2D eigenvalue weighted by Gasteiger charge is 2.46. The van der Waals surface area contributed by atoms with Gasteiger partial charge in [0, 0.05) is 26.9 Å². The van der Waals surface area contributed by atoms with E-state index in [1.165, 1.54) is 0 Å². The van der Waals surface area contributed by atoms with E-state index in [0.717, 1.165) is 18.5 Å². The first kappa shape index (κ1) is 14.6. The third kappa shape index (κ3) is 2.42. The maximum atomic E-state index is 11.9. The Labute approximate surface area is 118 Å². The third-order valence-electron chi connectivity index (χ3n) is 4.02. The van der Waals surface area contributed by atoms with Gasteiger partial charge in [-0.1, -0.05) is 0 Å². The van der Waals surface area contributed by atoms with Crippen LogP contribution >= 0.6 is 0 Å². The number of carbonyl (C=O) groups excluding carboxylic acids is 1. The zero-order chi connectivity index (χ0) is 14.8. The highest BCUT2D eigenvalue weighted by molar-refractivity contribution is 5.85. The SMILES string of the molecule is COCC1(C(N)=O)CCCN1Cc1cc(C#N)n(C)c1. The van der Waals surface area contributed by atoms with Gasteiger partial charge in [-0.3, -0.25) is 9.69 Å². The number of amides is 1. The predicted molar refractivity (Wildman–Crippen MR) is 73.6 cm³/mol. The first-order valence-electron chi connectivity index (χ1n) is 6.63. The fourth-order valence-electron chi connectivity index (χ4n) is 2.97. The number of primary amides is 1. The molecule has 2 heterocycles. The van der Waals surface area contributed by atoms with Gasteiger partial charge < -0.3 is 15.0 Å². The van der Waals surface area contributed by atoms with Crippen molar-refractivity contribution in [1.82, 2.24) is 9.47 Å². The van der Waals surface area contributed by atoms with Crippen LogP contribution in [-0.2, 0) is 23.1 Å². The third-order valence-corrected chi connectivity index (χ3v) is 4.02. The summed E-state index contributed by atoms with van der Waals surface area (Å²) in [6, 6.07) is 3.98. The maximum absolute atomic E-state index is 11.9. The molecule has 108 valence electrons. The molecule has 20 heavy (non-hydrogen) atoms. The van der Waals surface area contributed by atoms with Crippen molar-refractivity contribution in [1.29, 1.82) is 5.26 Å². The molecule has 1 fully saturated rings. The number of likely N-dealkylation sites (tertiary alicyclic amines) is 1. The molecular formula is C14H20N4O2. The molecule has 0 radical (unpaired) electrons. The summed E-state index contributed by atoms with van der Waals surface area (Å²) in [5.74, 6) is -0.340. The van der Waals surface area contributed by atoms with Crippen molar-refractivity contribution < 1.29 is 9.53 Å². The Kier molecular flexibility index (Phi) is 4.12. The normalized spacial score (nSPS) is 22.9. The van der Waals surface area contributed by atoms with Crippen molar-refractivity contribution in [3.8, 4) is 6.07 Å². The number of hydrogen-bond donors (Lipinski definition) is 1. The van der Waals surface area contributed by atoms with Crippen molar-refractivity contribution in [2.75, 3.05) is 20.3 Å². The molecule has 0 spiro atoms. The molecule has 1 aliphatic heterocycles. The van der Waals surface area contributed by atoms with Crippen molar-refractivity contribution in [3.05, 3.63) is 23.5 Å². The number of nitrogens with zero attached hydrogens (tertiary/aromatic N) is 3. The average molecular weight is 276 g/mol. The summed E-state index contributed by atoms with van der Waals surface area (Å²) in [7, 11) is 3.42. The van der Waals surface area contributed by atoms with Gasteiger partial charge in [-0.05, 0) is 31.0 Å². The molecule has 0 aliphatic carbocycles. The van der Waals surface area contributed by atoms with E-state index in [4.69, 9.17) is 15.7 Å². The topological polar surface area (TPSA) is 84.3 Å². The lowest BCUT2D eigenvalue weighted by Gasteiger charge is -2.34. The molecule has 2 rings (SSSR count). The van der Waals surface area contributed by atoms with Gasteiger partial charge >= 0.3 is 0 Å². The van der Waals surface area contributed by atoms with Gasteiger partial charge in [0.05, 0.1) is 6.61 Å². The van der Waals surface area contributed by atoms with Crippen LogP contribution in [0.4, 0.5) is 0 Å². The zero-order valence-corrected chi connectivity index (χ0v) is 11.9. The lowest BCUT2D eigenvalue weighted by Crippen LogP contribution is -2.56. The van der Waals surface area contributed by atoms with Crippen LogP contribution in [0.1, 0.15) is 24.1 Å². The molecule has 1 unspecified atom stereocenters. The molecule has 6 heteroatoms. The van der Waals surface area contributed by atoms with Crippen molar-refractivity contribution in [3.63, 3.8) is 0 Å². The van der Waals surface area contributed by atoms with Gasteiger partial charge in [-0.25, -0.2) is 0 Å². The second-order valence-corrected chi connectivity index (χ2v) is 5.31. The molecule has 1 aromatic heterocycles. The molecule has 0 saturated carbocycles. The second-order valence-electron chi connectivity index (χ2n) is 5.31. The van der Waals surface area contributed by atoms with Crippen LogP contribution in [0.2, 0.25) is 0 Å². The Morgan fingerprint density at radius 3 is 2.95 bits per heavy atom. The minimum Gasteiger partial charge on any atom is -0.382 e. The van der Waals surface area contributed by atoms with Gasteiger partial charge in [-0.15, -0.1) is 0 Å². The van der Waals surface area contributed by atoms with Gasteiger partial charge in [0.25, 0.3) is 0 Å². The molecule has 2 N–H and O–H groups in total. The Bertz CT molecular complexity index is 546. The number of aromatic nitrogens is 1. The lowest BCUT2D eigenvalue weighted by atomic mass is 9.96. The van der Waals surface area contributed by atoms with E-state index < -0.39 is 5.54 Å². The summed E-state index contributed by atoms with van der Waals surface area (Å²) < 4.78 is 6.99. The summed E-state index contributed by atoms with van der Waals surface area (Å²) in [5, 5.41) is 8.99. The number of ether oxygens (including phenoxy) is 1. The highest BCUT2D eigenvalue weighted by Crippen LogP contribution is 2.31. The van der Waals surface area contributed by atoms with E-state index >= 15 is 0 Å². The minimum atomic E-state index is -0.725. The quantitative estimate of drug-likeness (QED) is 0.841. The maximum Gasteiger partial charge on any atom is 0.240 e. The van der Waals surface area contributed by atoms with Gasteiger partial charge in [0.15, 0.2) is 0 Å². The largest absolute Gasteiger partial charge is 0.382 e. The Hall–Kier alpha value is -1.84. The average Bonchev–Trinajstić information content (AvgIpc) is 2.95. The van der Waals surface area contributed by atoms with E-state index in [9.17, 15) is 4.79 Å². The molecule has 0 aromatic carbocycles. The summed E-state index contributed by atoms with van der Waals surface area (Å²) in [5.41, 5.74) is 6.50. The first-order valence-corrected chi connectivity index (χ1v) is 6.63. The Morgan fingerprint density at radius 1 is 1.65 bits per heavy atom. The minimum absolute atomic E-state index is 0.306. The number of aryl methyl sites for hydroxylation is 1. The van der Waals surface area contributed by atoms with Crippen LogP contribution in [0.15, 0.2) is 12.3 Å². The van der Waals surface area contributed by atoms with Gasteiger partial charge in [0.1, 0.15) is 17.3 Å². The number of methoxy groups -OCH3 is 1. The molecular weight excluding hydrogens is 256 g/mol. The van der Waals surface area contributed by atoms with Crippen molar-refractivity contribution >= 4 is 5.91 Å². The summed E-state index contributed by atoms with van der Waals surface area (Å²) in [4.78, 5) is 14.0. The van der Waals surface area contributed by atoms with Crippen LogP contribution < -0.4 is 5.73 Å². The van der Waals surface area contributed by atoms with Crippen LogP contribution in [-0.4, -0.2) is 41.2 Å². The van der Waals surface area contributed by atoms with Gasteiger partial charge in [-0.2, -0.15) is 5.26 Å². The fourth-order valence-corrected chi connectivity index (χ4v) is 2.97. The van der Waals surface area contributed by atoms with E-state index in [-0.39, 0.29) is 5.91 Å². The summed E-state index contributed by atoms with van der Waals surface area (Å²) in [6.07, 6.45) is 3.55. The van der Waals surface area contributed by atoms with Crippen LogP contribution in [0.25, 0.3) is 0 Å². The van der Waals surface area contributed by atoms with Crippen molar-refractivity contribution in [2.24, 2.45) is 12.8 Å². The van der Waals surface area contributed by atoms with E-state index in [1.807, 2.05) is 19.3 Å².